The average Bonchev–Trinajstić information content (AvgIpc) is 2.59. The van der Waals surface area contributed by atoms with Gasteiger partial charge in [-0.15, -0.1) is 0 Å². The van der Waals surface area contributed by atoms with Gasteiger partial charge in [0, 0.05) is 17.7 Å². The van der Waals surface area contributed by atoms with E-state index < -0.39 is 10.9 Å². The van der Waals surface area contributed by atoms with Crippen molar-refractivity contribution in [2.24, 2.45) is 0 Å². The first-order chi connectivity index (χ1) is 11.5. The zero-order chi connectivity index (χ0) is 17.7. The Kier molecular flexibility index (Phi) is 4.92. The predicted molar refractivity (Wildman–Crippen MR) is 83.9 cm³/mol. The molecule has 0 fully saturated rings. The molecule has 0 amide bonds. The standard InChI is InChI=1S/C17H12N2O5/c1-24-16-7-6-15(19(22)23)9-13(16)8-14(10-18)11-2-4-12(5-3-11)17(20)21/h2-9H,1H3,(H,20,21)/p-1/b14-8-. The highest BCUT2D eigenvalue weighted by Crippen LogP contribution is 2.28. The normalized spacial score (nSPS) is 10.8. The van der Waals surface area contributed by atoms with Gasteiger partial charge in [-0.2, -0.15) is 5.26 Å². The molecule has 2 aromatic carbocycles. The van der Waals surface area contributed by atoms with Crippen LogP contribution in [-0.4, -0.2) is 18.0 Å². The summed E-state index contributed by atoms with van der Waals surface area (Å²) < 4.78 is 5.15. The topological polar surface area (TPSA) is 116 Å². The van der Waals surface area contributed by atoms with Crippen molar-refractivity contribution >= 4 is 23.3 Å². The van der Waals surface area contributed by atoms with Crippen molar-refractivity contribution in [3.8, 4) is 11.8 Å². The minimum atomic E-state index is -1.32. The van der Waals surface area contributed by atoms with Crippen LogP contribution >= 0.6 is 0 Å². The largest absolute Gasteiger partial charge is 0.545 e. The first-order valence-corrected chi connectivity index (χ1v) is 6.72. The van der Waals surface area contributed by atoms with Crippen molar-refractivity contribution in [2.75, 3.05) is 7.11 Å². The first kappa shape index (κ1) is 16.7. The van der Waals surface area contributed by atoms with Crippen molar-refractivity contribution in [1.29, 1.82) is 5.26 Å². The zero-order valence-corrected chi connectivity index (χ0v) is 12.6. The van der Waals surface area contributed by atoms with Crippen molar-refractivity contribution in [3.05, 3.63) is 69.3 Å². The summed E-state index contributed by atoms with van der Waals surface area (Å²) >= 11 is 0. The van der Waals surface area contributed by atoms with Crippen LogP contribution in [0.15, 0.2) is 42.5 Å². The van der Waals surface area contributed by atoms with Crippen LogP contribution in [0.5, 0.6) is 5.75 Å². The minimum absolute atomic E-state index is 0.0102. The monoisotopic (exact) mass is 323 g/mol. The highest BCUT2D eigenvalue weighted by molar-refractivity contribution is 5.92. The molecule has 0 bridgehead atoms. The number of carboxylic acid groups (broad SMARTS) is 1. The van der Waals surface area contributed by atoms with Crippen LogP contribution in [0.4, 0.5) is 5.69 Å². The van der Waals surface area contributed by atoms with Crippen LogP contribution in [-0.2, 0) is 0 Å². The summed E-state index contributed by atoms with van der Waals surface area (Å²) in [5, 5.41) is 31.0. The summed E-state index contributed by atoms with van der Waals surface area (Å²) in [5.74, 6) is -0.941. The quantitative estimate of drug-likeness (QED) is 0.360. The Morgan fingerprint density at radius 2 is 1.83 bits per heavy atom. The van der Waals surface area contributed by atoms with Gasteiger partial charge in [0.15, 0.2) is 0 Å². The van der Waals surface area contributed by atoms with Crippen LogP contribution in [0.3, 0.4) is 0 Å². The predicted octanol–water partition coefficient (Wildman–Crippen LogP) is 2.03. The Labute approximate surface area is 137 Å². The molecule has 120 valence electrons. The highest BCUT2D eigenvalue weighted by atomic mass is 16.6. The lowest BCUT2D eigenvalue weighted by molar-refractivity contribution is -0.384. The number of nitrogens with zero attached hydrogens (tertiary/aromatic N) is 2. The van der Waals surface area contributed by atoms with Crippen molar-refractivity contribution in [2.45, 2.75) is 0 Å². The van der Waals surface area contributed by atoms with E-state index >= 15 is 0 Å². The minimum Gasteiger partial charge on any atom is -0.545 e. The molecule has 0 aromatic heterocycles. The lowest BCUT2D eigenvalue weighted by Crippen LogP contribution is -2.21. The second-order valence-electron chi connectivity index (χ2n) is 4.72. The Bertz CT molecular complexity index is 864. The van der Waals surface area contributed by atoms with E-state index in [0.717, 1.165) is 0 Å². The summed E-state index contributed by atoms with van der Waals surface area (Å²) in [5.41, 5.74) is 0.901. The summed E-state index contributed by atoms with van der Waals surface area (Å²) in [4.78, 5) is 21.1. The molecule has 0 aliphatic heterocycles. The van der Waals surface area contributed by atoms with E-state index in [9.17, 15) is 25.3 Å². The third-order valence-corrected chi connectivity index (χ3v) is 3.28. The number of allylic oxidation sites excluding steroid dienone is 1. The van der Waals surface area contributed by atoms with Crippen LogP contribution < -0.4 is 9.84 Å². The fraction of sp³-hybridized carbons (Fsp3) is 0.0588. The molecule has 2 aromatic rings. The highest BCUT2D eigenvalue weighted by Gasteiger charge is 2.11. The molecular formula is C17H11N2O5-. The number of nitriles is 1. The molecule has 24 heavy (non-hydrogen) atoms. The van der Waals surface area contributed by atoms with Gasteiger partial charge in [0.05, 0.1) is 29.6 Å². The van der Waals surface area contributed by atoms with Crippen molar-refractivity contribution in [1.82, 2.24) is 0 Å². The molecule has 0 saturated heterocycles. The van der Waals surface area contributed by atoms with Crippen LogP contribution in [0.25, 0.3) is 11.6 Å². The number of hydrogen-bond acceptors (Lipinski definition) is 6. The van der Waals surface area contributed by atoms with E-state index in [1.54, 1.807) is 0 Å². The summed E-state index contributed by atoms with van der Waals surface area (Å²) in [6, 6.07) is 11.6. The maximum Gasteiger partial charge on any atom is 0.270 e. The maximum absolute atomic E-state index is 10.9. The van der Waals surface area contributed by atoms with Gasteiger partial charge in [0.25, 0.3) is 5.69 Å². The van der Waals surface area contributed by atoms with E-state index in [2.05, 4.69) is 0 Å². The molecule has 0 unspecified atom stereocenters. The number of aromatic carboxylic acids is 1. The van der Waals surface area contributed by atoms with Gasteiger partial charge in [-0.3, -0.25) is 10.1 Å². The second kappa shape index (κ2) is 7.07. The van der Waals surface area contributed by atoms with Gasteiger partial charge in [-0.05, 0) is 23.3 Å². The first-order valence-electron chi connectivity index (χ1n) is 6.72. The Morgan fingerprint density at radius 3 is 2.33 bits per heavy atom. The lowest BCUT2D eigenvalue weighted by Gasteiger charge is -2.07. The summed E-state index contributed by atoms with van der Waals surface area (Å²) in [6.45, 7) is 0. The third kappa shape index (κ3) is 3.56. The van der Waals surface area contributed by atoms with Gasteiger partial charge >= 0.3 is 0 Å². The van der Waals surface area contributed by atoms with Crippen LogP contribution in [0.2, 0.25) is 0 Å². The number of benzene rings is 2. The fourth-order valence-electron chi connectivity index (χ4n) is 2.07. The smallest absolute Gasteiger partial charge is 0.270 e. The molecular weight excluding hydrogens is 312 g/mol. The maximum atomic E-state index is 10.9. The number of rotatable bonds is 5. The second-order valence-corrected chi connectivity index (χ2v) is 4.72. The van der Waals surface area contributed by atoms with E-state index in [-0.39, 0.29) is 16.8 Å². The Morgan fingerprint density at radius 1 is 1.21 bits per heavy atom. The lowest BCUT2D eigenvalue weighted by atomic mass is 10.0. The number of ether oxygens (including phenoxy) is 1. The van der Waals surface area contributed by atoms with Crippen molar-refractivity contribution in [3.63, 3.8) is 0 Å². The van der Waals surface area contributed by atoms with Crippen molar-refractivity contribution < 1.29 is 19.6 Å². The number of nitro benzene ring substituents is 1. The van der Waals surface area contributed by atoms with E-state index in [1.165, 1.54) is 55.7 Å². The van der Waals surface area contributed by atoms with E-state index in [0.29, 0.717) is 16.9 Å². The Hall–Kier alpha value is -3.66. The van der Waals surface area contributed by atoms with Gasteiger partial charge in [0.2, 0.25) is 0 Å². The molecule has 0 spiro atoms. The molecule has 0 aliphatic carbocycles. The molecule has 0 N–H and O–H groups in total. The van der Waals surface area contributed by atoms with Crippen LogP contribution in [0, 0.1) is 21.4 Å². The van der Waals surface area contributed by atoms with Gasteiger partial charge < -0.3 is 14.6 Å². The number of methoxy groups -OCH3 is 1. The van der Waals surface area contributed by atoms with Gasteiger partial charge in [-0.25, -0.2) is 0 Å². The molecule has 0 radical (unpaired) electrons. The molecule has 0 heterocycles. The third-order valence-electron chi connectivity index (χ3n) is 3.28. The van der Waals surface area contributed by atoms with E-state index in [4.69, 9.17) is 4.74 Å². The molecule has 0 atom stereocenters. The fourth-order valence-corrected chi connectivity index (χ4v) is 2.07. The summed E-state index contributed by atoms with van der Waals surface area (Å²) in [6.07, 6.45) is 1.44. The van der Waals surface area contributed by atoms with Crippen LogP contribution in [0.1, 0.15) is 21.5 Å². The molecule has 7 nitrogen and oxygen atoms in total. The number of carboxylic acids is 1. The van der Waals surface area contributed by atoms with E-state index in [1.807, 2.05) is 6.07 Å². The van der Waals surface area contributed by atoms with Gasteiger partial charge in [-0.1, -0.05) is 24.3 Å². The molecule has 0 saturated carbocycles. The average molecular weight is 323 g/mol. The molecule has 7 heteroatoms. The number of carbonyl (C=O) groups excluding carboxylic acids is 1. The zero-order valence-electron chi connectivity index (χ0n) is 12.6. The number of carbonyl (C=O) groups is 1. The SMILES string of the molecule is COc1ccc([N+](=O)[O-])cc1/C=C(/C#N)c1ccc(C(=O)[O-])cc1. The Balaban J connectivity index is 2.50. The number of hydrogen-bond donors (Lipinski definition) is 0. The number of non-ortho nitro benzene ring substituents is 1. The summed E-state index contributed by atoms with van der Waals surface area (Å²) in [7, 11) is 1.42. The van der Waals surface area contributed by atoms with Gasteiger partial charge in [0.1, 0.15) is 5.75 Å². The molecule has 2 rings (SSSR count). The molecule has 0 aliphatic rings. The number of nitro groups is 1.